The van der Waals surface area contributed by atoms with Gasteiger partial charge in [-0.3, -0.25) is 14.5 Å². The summed E-state index contributed by atoms with van der Waals surface area (Å²) in [5.41, 5.74) is 0.208. The van der Waals surface area contributed by atoms with Gasteiger partial charge >= 0.3 is 0 Å². The highest BCUT2D eigenvalue weighted by atomic mass is 19.1. The molecule has 4 nitrogen and oxygen atoms in total. The van der Waals surface area contributed by atoms with Crippen LogP contribution in [0.1, 0.15) is 24.2 Å². The second-order valence-electron chi connectivity index (χ2n) is 4.89. The molecule has 0 saturated heterocycles. The zero-order valence-corrected chi connectivity index (χ0v) is 11.0. The van der Waals surface area contributed by atoms with E-state index in [4.69, 9.17) is 4.74 Å². The van der Waals surface area contributed by atoms with E-state index in [1.165, 1.54) is 18.2 Å². The molecule has 0 spiro atoms. The lowest BCUT2D eigenvalue weighted by Gasteiger charge is -2.17. The molecule has 0 N–H and O–H groups in total. The molecule has 1 aliphatic rings. The minimum Gasteiger partial charge on any atom is -0.379 e. The molecule has 5 heteroatoms. The van der Waals surface area contributed by atoms with Gasteiger partial charge in [0.2, 0.25) is 0 Å². The fraction of sp³-hybridized carbons (Fsp3) is 0.429. The smallest absolute Gasteiger partial charge is 0.299 e. The van der Waals surface area contributed by atoms with Crippen LogP contribution in [0.3, 0.4) is 0 Å². The number of anilines is 1. The van der Waals surface area contributed by atoms with Crippen molar-refractivity contribution in [1.29, 1.82) is 0 Å². The second kappa shape index (κ2) is 5.48. The maximum absolute atomic E-state index is 13.7. The molecule has 102 valence electrons. The van der Waals surface area contributed by atoms with Gasteiger partial charge in [-0.15, -0.1) is 0 Å². The van der Waals surface area contributed by atoms with E-state index in [1.807, 2.05) is 13.8 Å². The van der Waals surface area contributed by atoms with E-state index in [2.05, 4.69) is 0 Å². The summed E-state index contributed by atoms with van der Waals surface area (Å²) in [4.78, 5) is 24.7. The van der Waals surface area contributed by atoms with Crippen molar-refractivity contribution in [3.63, 3.8) is 0 Å². The molecule has 2 rings (SSSR count). The largest absolute Gasteiger partial charge is 0.379 e. The molecule has 0 fully saturated rings. The summed E-state index contributed by atoms with van der Waals surface area (Å²) in [6.07, 6.45) is 0. The van der Waals surface area contributed by atoms with Crippen LogP contribution in [0.4, 0.5) is 10.1 Å². The number of nitrogens with zero attached hydrogens (tertiary/aromatic N) is 1. The zero-order valence-electron chi connectivity index (χ0n) is 11.0. The Kier molecular flexibility index (Phi) is 3.95. The van der Waals surface area contributed by atoms with Crippen LogP contribution in [0.5, 0.6) is 0 Å². The summed E-state index contributed by atoms with van der Waals surface area (Å²) < 4.78 is 19.1. The Labute approximate surface area is 111 Å². The van der Waals surface area contributed by atoms with Crippen LogP contribution in [0, 0.1) is 11.7 Å². The number of ketones is 1. The molecule has 1 heterocycles. The molecule has 0 atom stereocenters. The number of halogens is 1. The summed E-state index contributed by atoms with van der Waals surface area (Å²) >= 11 is 0. The van der Waals surface area contributed by atoms with Crippen LogP contribution >= 0.6 is 0 Å². The molecule has 0 radical (unpaired) electrons. The number of amides is 1. The first-order valence-electron chi connectivity index (χ1n) is 6.24. The van der Waals surface area contributed by atoms with Crippen LogP contribution in [-0.2, 0) is 9.53 Å². The Hall–Kier alpha value is -1.75. The van der Waals surface area contributed by atoms with Gasteiger partial charge in [-0.2, -0.15) is 0 Å². The van der Waals surface area contributed by atoms with Crippen molar-refractivity contribution in [3.8, 4) is 0 Å². The van der Waals surface area contributed by atoms with Gasteiger partial charge < -0.3 is 4.74 Å². The molecular weight excluding hydrogens is 249 g/mol. The van der Waals surface area contributed by atoms with Crippen molar-refractivity contribution >= 4 is 17.4 Å². The fourth-order valence-corrected chi connectivity index (χ4v) is 2.00. The van der Waals surface area contributed by atoms with Crippen LogP contribution in [0.2, 0.25) is 0 Å². The van der Waals surface area contributed by atoms with Gasteiger partial charge in [-0.25, -0.2) is 4.39 Å². The normalized spacial score (nSPS) is 14.4. The second-order valence-corrected chi connectivity index (χ2v) is 4.89. The fourth-order valence-electron chi connectivity index (χ4n) is 2.00. The van der Waals surface area contributed by atoms with E-state index in [0.29, 0.717) is 12.5 Å². The number of hydrogen-bond acceptors (Lipinski definition) is 3. The van der Waals surface area contributed by atoms with Crippen molar-refractivity contribution < 1.29 is 18.7 Å². The van der Waals surface area contributed by atoms with Crippen molar-refractivity contribution in [3.05, 3.63) is 29.6 Å². The summed E-state index contributed by atoms with van der Waals surface area (Å²) in [5.74, 6) is -1.51. The Morgan fingerprint density at radius 3 is 2.74 bits per heavy atom. The summed E-state index contributed by atoms with van der Waals surface area (Å²) in [5, 5.41) is 0. The van der Waals surface area contributed by atoms with Gasteiger partial charge in [0.1, 0.15) is 5.82 Å². The number of para-hydroxylation sites is 1. The maximum Gasteiger partial charge on any atom is 0.299 e. The predicted octanol–water partition coefficient (Wildman–Crippen LogP) is 2.03. The third-order valence-corrected chi connectivity index (χ3v) is 2.85. The molecule has 0 aromatic heterocycles. The standard InChI is InChI=1S/C14H16FNO3/c1-9(2)8-19-7-6-16-12-10(13(17)14(16)18)4-3-5-11(12)15/h3-5,9H,6-8H2,1-2H3. The lowest BCUT2D eigenvalue weighted by atomic mass is 10.1. The van der Waals surface area contributed by atoms with E-state index >= 15 is 0 Å². The first-order chi connectivity index (χ1) is 9.02. The Morgan fingerprint density at radius 1 is 1.32 bits per heavy atom. The Balaban J connectivity index is 2.10. The van der Waals surface area contributed by atoms with Crippen LogP contribution < -0.4 is 4.90 Å². The van der Waals surface area contributed by atoms with Gasteiger partial charge in [0.05, 0.1) is 17.9 Å². The SMILES string of the molecule is CC(C)COCCN1C(=O)C(=O)c2cccc(F)c21. The number of ether oxygens (including phenoxy) is 1. The highest BCUT2D eigenvalue weighted by Crippen LogP contribution is 2.31. The molecule has 0 bridgehead atoms. The van der Waals surface area contributed by atoms with Crippen LogP contribution in [0.15, 0.2) is 18.2 Å². The first-order valence-corrected chi connectivity index (χ1v) is 6.24. The van der Waals surface area contributed by atoms with E-state index in [0.717, 1.165) is 4.90 Å². The number of fused-ring (bicyclic) bond motifs is 1. The first kappa shape index (κ1) is 13.7. The van der Waals surface area contributed by atoms with Crippen LogP contribution in [0.25, 0.3) is 0 Å². The van der Waals surface area contributed by atoms with E-state index < -0.39 is 17.5 Å². The molecule has 0 aliphatic carbocycles. The number of carbonyl (C=O) groups is 2. The van der Waals surface area contributed by atoms with Gasteiger partial charge in [-0.1, -0.05) is 19.9 Å². The predicted molar refractivity (Wildman–Crippen MR) is 68.7 cm³/mol. The van der Waals surface area contributed by atoms with E-state index in [9.17, 15) is 14.0 Å². The molecule has 0 saturated carbocycles. The lowest BCUT2D eigenvalue weighted by molar-refractivity contribution is -0.114. The van der Waals surface area contributed by atoms with E-state index in [-0.39, 0.29) is 24.4 Å². The zero-order chi connectivity index (χ0) is 14.0. The molecule has 1 aromatic rings. The van der Waals surface area contributed by atoms with E-state index in [1.54, 1.807) is 0 Å². The topological polar surface area (TPSA) is 46.6 Å². The molecule has 19 heavy (non-hydrogen) atoms. The number of carbonyl (C=O) groups excluding carboxylic acids is 2. The van der Waals surface area contributed by atoms with Gasteiger partial charge in [0.25, 0.3) is 11.7 Å². The molecule has 0 unspecified atom stereocenters. The summed E-state index contributed by atoms with van der Waals surface area (Å²) in [6, 6.07) is 4.14. The number of benzene rings is 1. The highest BCUT2D eigenvalue weighted by molar-refractivity contribution is 6.52. The Morgan fingerprint density at radius 2 is 2.05 bits per heavy atom. The number of hydrogen-bond donors (Lipinski definition) is 0. The number of Topliss-reactive ketones (excluding diaryl/α,β-unsaturated/α-hetero) is 1. The van der Waals surface area contributed by atoms with Crippen molar-refractivity contribution in [1.82, 2.24) is 0 Å². The highest BCUT2D eigenvalue weighted by Gasteiger charge is 2.37. The van der Waals surface area contributed by atoms with Gasteiger partial charge in [0.15, 0.2) is 0 Å². The maximum atomic E-state index is 13.7. The van der Waals surface area contributed by atoms with Gasteiger partial charge in [-0.05, 0) is 18.1 Å². The molecule has 1 amide bonds. The minimum absolute atomic E-state index is 0.0747. The monoisotopic (exact) mass is 265 g/mol. The van der Waals surface area contributed by atoms with Crippen LogP contribution in [-0.4, -0.2) is 31.4 Å². The van der Waals surface area contributed by atoms with Crippen molar-refractivity contribution in [2.45, 2.75) is 13.8 Å². The number of rotatable bonds is 5. The average molecular weight is 265 g/mol. The molecule has 1 aliphatic heterocycles. The third-order valence-electron chi connectivity index (χ3n) is 2.85. The van der Waals surface area contributed by atoms with Crippen molar-refractivity contribution in [2.75, 3.05) is 24.7 Å². The Bertz CT molecular complexity index is 513. The molecular formula is C14H16FNO3. The summed E-state index contributed by atoms with van der Waals surface area (Å²) in [7, 11) is 0. The van der Waals surface area contributed by atoms with Gasteiger partial charge in [0, 0.05) is 13.2 Å². The summed E-state index contributed by atoms with van der Waals surface area (Å²) in [6.45, 7) is 5.06. The van der Waals surface area contributed by atoms with Crippen molar-refractivity contribution in [2.24, 2.45) is 5.92 Å². The third kappa shape index (κ3) is 2.66. The minimum atomic E-state index is -0.687. The quantitative estimate of drug-likeness (QED) is 0.604. The molecule has 1 aromatic carbocycles. The average Bonchev–Trinajstić information content (AvgIpc) is 2.60. The lowest BCUT2D eigenvalue weighted by Crippen LogP contribution is -2.33.